The van der Waals surface area contributed by atoms with Crippen LogP contribution in [-0.2, 0) is 4.79 Å². The third-order valence-electron chi connectivity index (χ3n) is 3.11. The van der Waals surface area contributed by atoms with E-state index in [2.05, 4.69) is 21.2 Å². The first-order chi connectivity index (χ1) is 10.3. The van der Waals surface area contributed by atoms with Crippen LogP contribution in [0.1, 0.15) is 19.4 Å². The average molecular weight is 383 g/mol. The van der Waals surface area contributed by atoms with Gasteiger partial charge in [-0.1, -0.05) is 17.7 Å². The minimum absolute atomic E-state index is 0.230. The molecule has 0 radical (unpaired) electrons. The molecule has 1 N–H and O–H groups in total. The molecule has 5 heteroatoms. The van der Waals surface area contributed by atoms with Gasteiger partial charge >= 0.3 is 0 Å². The molecule has 0 fully saturated rings. The molecule has 0 atom stereocenters. The highest BCUT2D eigenvalue weighted by molar-refractivity contribution is 9.10. The minimum atomic E-state index is -1.02. The molecule has 116 valence electrons. The number of anilines is 1. The Bertz CT molecular complexity index is 684. The Hall–Kier alpha value is -1.52. The molecule has 0 unspecified atom stereocenters. The molecule has 0 saturated heterocycles. The maximum Gasteiger partial charge on any atom is 0.268 e. The molecule has 0 aliphatic carbocycles. The van der Waals surface area contributed by atoms with Crippen LogP contribution in [0.5, 0.6) is 5.75 Å². The van der Waals surface area contributed by atoms with E-state index in [1.807, 2.05) is 25.1 Å². The van der Waals surface area contributed by atoms with Gasteiger partial charge in [0.25, 0.3) is 5.91 Å². The van der Waals surface area contributed by atoms with Gasteiger partial charge in [-0.2, -0.15) is 0 Å². The third kappa shape index (κ3) is 4.24. The summed E-state index contributed by atoms with van der Waals surface area (Å²) in [6.45, 7) is 5.43. The van der Waals surface area contributed by atoms with Crippen molar-refractivity contribution in [1.29, 1.82) is 0 Å². The highest BCUT2D eigenvalue weighted by Gasteiger charge is 2.30. The molecule has 3 nitrogen and oxygen atoms in total. The summed E-state index contributed by atoms with van der Waals surface area (Å²) < 4.78 is 6.60. The zero-order chi connectivity index (χ0) is 16.3. The second-order valence-corrected chi connectivity index (χ2v) is 6.79. The van der Waals surface area contributed by atoms with E-state index in [0.29, 0.717) is 16.5 Å². The van der Waals surface area contributed by atoms with Crippen LogP contribution in [0, 0.1) is 6.92 Å². The molecule has 0 saturated carbocycles. The van der Waals surface area contributed by atoms with Crippen LogP contribution in [0.2, 0.25) is 5.02 Å². The van der Waals surface area contributed by atoms with Crippen molar-refractivity contribution in [2.45, 2.75) is 26.4 Å². The lowest BCUT2D eigenvalue weighted by Crippen LogP contribution is -2.42. The molecule has 0 bridgehead atoms. The maximum absolute atomic E-state index is 12.5. The average Bonchev–Trinajstić information content (AvgIpc) is 2.44. The zero-order valence-corrected chi connectivity index (χ0v) is 15.0. The van der Waals surface area contributed by atoms with Crippen molar-refractivity contribution in [3.05, 3.63) is 57.5 Å². The number of carbonyl (C=O) groups excluding carboxylic acids is 1. The molecule has 0 heterocycles. The van der Waals surface area contributed by atoms with Crippen LogP contribution in [0.3, 0.4) is 0 Å². The van der Waals surface area contributed by atoms with E-state index in [9.17, 15) is 4.79 Å². The first kappa shape index (κ1) is 16.8. The van der Waals surface area contributed by atoms with Crippen molar-refractivity contribution in [3.8, 4) is 5.75 Å². The highest BCUT2D eigenvalue weighted by Crippen LogP contribution is 2.26. The second-order valence-electron chi connectivity index (χ2n) is 5.50. The Labute approximate surface area is 143 Å². The van der Waals surface area contributed by atoms with Crippen molar-refractivity contribution in [2.24, 2.45) is 0 Å². The number of nitrogens with one attached hydrogen (secondary N) is 1. The number of hydrogen-bond donors (Lipinski definition) is 1. The Morgan fingerprint density at radius 1 is 1.18 bits per heavy atom. The lowest BCUT2D eigenvalue weighted by Gasteiger charge is -2.25. The monoisotopic (exact) mass is 381 g/mol. The fraction of sp³-hybridized carbons (Fsp3) is 0.235. The largest absolute Gasteiger partial charge is 0.478 e. The Morgan fingerprint density at radius 3 is 2.41 bits per heavy atom. The molecule has 0 aliphatic rings. The normalized spacial score (nSPS) is 11.1. The summed E-state index contributed by atoms with van der Waals surface area (Å²) in [4.78, 5) is 12.5. The molecular formula is C17H17BrClNO2. The predicted molar refractivity (Wildman–Crippen MR) is 93.7 cm³/mol. The molecule has 0 spiro atoms. The number of rotatable bonds is 4. The molecule has 2 aromatic rings. The summed E-state index contributed by atoms with van der Waals surface area (Å²) in [7, 11) is 0. The first-order valence-corrected chi connectivity index (χ1v) is 7.97. The second kappa shape index (κ2) is 6.71. The SMILES string of the molecule is Cc1ccc(NC(=O)C(C)(C)Oc2ccc(Cl)cc2)c(Br)c1. The molecule has 2 rings (SSSR count). The van der Waals surface area contributed by atoms with Gasteiger partial charge in [-0.15, -0.1) is 0 Å². The van der Waals surface area contributed by atoms with E-state index in [1.54, 1.807) is 38.1 Å². The van der Waals surface area contributed by atoms with Gasteiger partial charge in [0.1, 0.15) is 5.75 Å². The van der Waals surface area contributed by atoms with Crippen molar-refractivity contribution in [2.75, 3.05) is 5.32 Å². The van der Waals surface area contributed by atoms with Gasteiger partial charge < -0.3 is 10.1 Å². The quantitative estimate of drug-likeness (QED) is 0.788. The standard InChI is InChI=1S/C17H17BrClNO2/c1-11-4-9-15(14(18)10-11)20-16(21)17(2,3)22-13-7-5-12(19)6-8-13/h4-10H,1-3H3,(H,20,21). The fourth-order valence-electron chi connectivity index (χ4n) is 1.84. The maximum atomic E-state index is 12.5. The summed E-state index contributed by atoms with van der Waals surface area (Å²) in [5, 5.41) is 3.50. The van der Waals surface area contributed by atoms with Gasteiger partial charge in [-0.25, -0.2) is 0 Å². The van der Waals surface area contributed by atoms with E-state index in [0.717, 1.165) is 10.0 Å². The molecule has 0 aliphatic heterocycles. The Balaban J connectivity index is 2.11. The van der Waals surface area contributed by atoms with Gasteiger partial charge in [-0.3, -0.25) is 4.79 Å². The zero-order valence-electron chi connectivity index (χ0n) is 12.6. The van der Waals surface area contributed by atoms with Crippen LogP contribution in [0.4, 0.5) is 5.69 Å². The number of benzene rings is 2. The van der Waals surface area contributed by atoms with Crippen LogP contribution in [-0.4, -0.2) is 11.5 Å². The number of aryl methyl sites for hydroxylation is 1. The molecular weight excluding hydrogens is 366 g/mol. The summed E-state index contributed by atoms with van der Waals surface area (Å²) in [6.07, 6.45) is 0. The van der Waals surface area contributed by atoms with Crippen molar-refractivity contribution in [1.82, 2.24) is 0 Å². The van der Waals surface area contributed by atoms with Gasteiger partial charge in [0, 0.05) is 9.50 Å². The van der Waals surface area contributed by atoms with Crippen molar-refractivity contribution < 1.29 is 9.53 Å². The van der Waals surface area contributed by atoms with Gasteiger partial charge in [0.15, 0.2) is 5.60 Å². The number of amides is 1. The van der Waals surface area contributed by atoms with Crippen LogP contribution in [0.15, 0.2) is 46.9 Å². The lowest BCUT2D eigenvalue weighted by atomic mass is 10.1. The van der Waals surface area contributed by atoms with E-state index in [1.165, 1.54) is 0 Å². The summed E-state index contributed by atoms with van der Waals surface area (Å²) >= 11 is 9.29. The predicted octanol–water partition coefficient (Wildman–Crippen LogP) is 5.21. The number of carbonyl (C=O) groups is 1. The van der Waals surface area contributed by atoms with Gasteiger partial charge in [0.2, 0.25) is 0 Å². The minimum Gasteiger partial charge on any atom is -0.478 e. The summed E-state index contributed by atoms with van der Waals surface area (Å²) in [5.41, 5.74) is 0.808. The molecule has 2 aromatic carbocycles. The van der Waals surface area contributed by atoms with Crippen LogP contribution in [0.25, 0.3) is 0 Å². The topological polar surface area (TPSA) is 38.3 Å². The van der Waals surface area contributed by atoms with Crippen molar-refractivity contribution >= 4 is 39.1 Å². The van der Waals surface area contributed by atoms with Crippen molar-refractivity contribution in [3.63, 3.8) is 0 Å². The number of ether oxygens (including phenoxy) is 1. The summed E-state index contributed by atoms with van der Waals surface area (Å²) in [6, 6.07) is 12.7. The van der Waals surface area contributed by atoms with Crippen LogP contribution < -0.4 is 10.1 Å². The highest BCUT2D eigenvalue weighted by atomic mass is 79.9. The van der Waals surface area contributed by atoms with Crippen LogP contribution >= 0.6 is 27.5 Å². The first-order valence-electron chi connectivity index (χ1n) is 6.80. The Kier molecular flexibility index (Phi) is 5.14. The molecule has 0 aromatic heterocycles. The van der Waals surface area contributed by atoms with E-state index in [4.69, 9.17) is 16.3 Å². The van der Waals surface area contributed by atoms with E-state index < -0.39 is 5.60 Å². The molecule has 1 amide bonds. The van der Waals surface area contributed by atoms with Gasteiger partial charge in [-0.05, 0) is 78.7 Å². The lowest BCUT2D eigenvalue weighted by molar-refractivity contribution is -0.128. The summed E-state index contributed by atoms with van der Waals surface area (Å²) in [5.74, 6) is 0.361. The van der Waals surface area contributed by atoms with Gasteiger partial charge in [0.05, 0.1) is 5.69 Å². The number of hydrogen-bond acceptors (Lipinski definition) is 2. The molecule has 22 heavy (non-hydrogen) atoms. The van der Waals surface area contributed by atoms with E-state index in [-0.39, 0.29) is 5.91 Å². The number of halogens is 2. The third-order valence-corrected chi connectivity index (χ3v) is 4.01. The van der Waals surface area contributed by atoms with E-state index >= 15 is 0 Å². The smallest absolute Gasteiger partial charge is 0.268 e. The fourth-order valence-corrected chi connectivity index (χ4v) is 2.56. The Morgan fingerprint density at radius 2 is 1.82 bits per heavy atom.